The highest BCUT2D eigenvalue weighted by Gasteiger charge is 2.07. The van der Waals surface area contributed by atoms with E-state index >= 15 is 0 Å². The average molecular weight is 203 g/mol. The Balaban J connectivity index is 2.29. The van der Waals surface area contributed by atoms with Gasteiger partial charge in [-0.2, -0.15) is 0 Å². The minimum Gasteiger partial charge on any atom is -0.421 e. The topological polar surface area (TPSA) is 64.9 Å². The number of nitrogens with zero attached hydrogens (tertiary/aromatic N) is 2. The Hall–Kier alpha value is -1.68. The number of hydrogen-bond acceptors (Lipinski definition) is 4. The second kappa shape index (κ2) is 4.23. The summed E-state index contributed by atoms with van der Waals surface area (Å²) in [5, 5.41) is 7.89. The lowest BCUT2D eigenvalue weighted by Crippen LogP contribution is -2.02. The highest BCUT2D eigenvalue weighted by atomic mass is 16.4. The van der Waals surface area contributed by atoms with Crippen molar-refractivity contribution in [2.75, 3.05) is 6.54 Å². The van der Waals surface area contributed by atoms with Gasteiger partial charge in [-0.3, -0.25) is 0 Å². The van der Waals surface area contributed by atoms with Crippen molar-refractivity contribution in [3.63, 3.8) is 0 Å². The van der Waals surface area contributed by atoms with Gasteiger partial charge < -0.3 is 10.2 Å². The quantitative estimate of drug-likeness (QED) is 0.821. The van der Waals surface area contributed by atoms with E-state index in [0.717, 1.165) is 5.56 Å². The van der Waals surface area contributed by atoms with Crippen LogP contribution in [0.2, 0.25) is 0 Å². The second-order valence-corrected chi connectivity index (χ2v) is 3.41. The Morgan fingerprint density at radius 3 is 2.93 bits per heavy atom. The van der Waals surface area contributed by atoms with Crippen molar-refractivity contribution in [1.82, 2.24) is 10.2 Å². The summed E-state index contributed by atoms with van der Waals surface area (Å²) in [4.78, 5) is 0. The Kier molecular flexibility index (Phi) is 2.78. The average Bonchev–Trinajstić information content (AvgIpc) is 2.67. The van der Waals surface area contributed by atoms with E-state index in [1.54, 1.807) is 0 Å². The van der Waals surface area contributed by atoms with Crippen LogP contribution in [0.5, 0.6) is 0 Å². The van der Waals surface area contributed by atoms with Gasteiger partial charge in [-0.1, -0.05) is 17.7 Å². The molecule has 0 radical (unpaired) electrons. The standard InChI is InChI=1S/C11H13N3O/c1-8-3-2-4-9(7-8)11-14-13-10(15-11)5-6-12/h2-4,7H,5-6,12H2,1H3. The van der Waals surface area contributed by atoms with Crippen LogP contribution >= 0.6 is 0 Å². The van der Waals surface area contributed by atoms with E-state index in [-0.39, 0.29) is 0 Å². The van der Waals surface area contributed by atoms with E-state index in [1.165, 1.54) is 5.56 Å². The van der Waals surface area contributed by atoms with Gasteiger partial charge in [0.05, 0.1) is 0 Å². The van der Waals surface area contributed by atoms with E-state index in [1.807, 2.05) is 31.2 Å². The Labute approximate surface area is 88.1 Å². The van der Waals surface area contributed by atoms with Gasteiger partial charge >= 0.3 is 0 Å². The minimum absolute atomic E-state index is 0.523. The second-order valence-electron chi connectivity index (χ2n) is 3.41. The Morgan fingerprint density at radius 2 is 2.20 bits per heavy atom. The lowest BCUT2D eigenvalue weighted by Gasteiger charge is -1.95. The fraction of sp³-hybridized carbons (Fsp3) is 0.273. The summed E-state index contributed by atoms with van der Waals surface area (Å²) in [6.45, 7) is 2.55. The Morgan fingerprint density at radius 1 is 1.33 bits per heavy atom. The molecule has 0 fully saturated rings. The van der Waals surface area contributed by atoms with Gasteiger partial charge in [-0.15, -0.1) is 10.2 Å². The first-order chi connectivity index (χ1) is 7.29. The fourth-order valence-corrected chi connectivity index (χ4v) is 1.37. The SMILES string of the molecule is Cc1cccc(-c2nnc(CCN)o2)c1. The largest absolute Gasteiger partial charge is 0.421 e. The molecule has 0 aliphatic carbocycles. The summed E-state index contributed by atoms with van der Waals surface area (Å²) in [5.74, 6) is 1.15. The van der Waals surface area contributed by atoms with Gasteiger partial charge in [0.15, 0.2) is 0 Å². The third kappa shape index (κ3) is 2.22. The molecule has 0 aliphatic rings. The van der Waals surface area contributed by atoms with Crippen LogP contribution in [0.15, 0.2) is 28.7 Å². The Bertz CT molecular complexity index is 451. The maximum Gasteiger partial charge on any atom is 0.247 e. The molecular weight excluding hydrogens is 190 g/mol. The molecule has 4 heteroatoms. The maximum atomic E-state index is 5.46. The molecule has 0 bridgehead atoms. The highest BCUT2D eigenvalue weighted by molar-refractivity contribution is 5.53. The third-order valence-corrected chi connectivity index (χ3v) is 2.09. The lowest BCUT2D eigenvalue weighted by atomic mass is 10.1. The molecule has 2 rings (SSSR count). The van der Waals surface area contributed by atoms with E-state index in [4.69, 9.17) is 10.2 Å². The normalized spacial score (nSPS) is 10.5. The van der Waals surface area contributed by atoms with Crippen molar-refractivity contribution < 1.29 is 4.42 Å². The molecule has 0 atom stereocenters. The van der Waals surface area contributed by atoms with Crippen molar-refractivity contribution >= 4 is 0 Å². The zero-order chi connectivity index (χ0) is 10.7. The minimum atomic E-state index is 0.523. The lowest BCUT2D eigenvalue weighted by molar-refractivity contribution is 0.507. The number of nitrogens with two attached hydrogens (primary N) is 1. The molecule has 0 saturated heterocycles. The van der Waals surface area contributed by atoms with E-state index < -0.39 is 0 Å². The van der Waals surface area contributed by atoms with Gasteiger partial charge in [-0.05, 0) is 19.1 Å². The summed E-state index contributed by atoms with van der Waals surface area (Å²) < 4.78 is 5.46. The summed E-state index contributed by atoms with van der Waals surface area (Å²) >= 11 is 0. The van der Waals surface area contributed by atoms with Gasteiger partial charge in [0.2, 0.25) is 11.8 Å². The fourth-order valence-electron chi connectivity index (χ4n) is 1.37. The highest BCUT2D eigenvalue weighted by Crippen LogP contribution is 2.18. The smallest absolute Gasteiger partial charge is 0.247 e. The van der Waals surface area contributed by atoms with Crippen LogP contribution < -0.4 is 5.73 Å². The first-order valence-electron chi connectivity index (χ1n) is 4.89. The predicted octanol–water partition coefficient (Wildman–Crippen LogP) is 1.55. The van der Waals surface area contributed by atoms with Crippen LogP contribution in [-0.4, -0.2) is 16.7 Å². The van der Waals surface area contributed by atoms with E-state index in [2.05, 4.69) is 10.2 Å². The van der Waals surface area contributed by atoms with Crippen LogP contribution in [0, 0.1) is 6.92 Å². The zero-order valence-electron chi connectivity index (χ0n) is 8.60. The summed E-state index contributed by atoms with van der Waals surface area (Å²) in [6.07, 6.45) is 0.624. The van der Waals surface area contributed by atoms with Crippen molar-refractivity contribution in [3.05, 3.63) is 35.7 Å². The van der Waals surface area contributed by atoms with Gasteiger partial charge in [0, 0.05) is 18.5 Å². The third-order valence-electron chi connectivity index (χ3n) is 2.09. The van der Waals surface area contributed by atoms with Crippen LogP contribution in [0.3, 0.4) is 0 Å². The molecule has 4 nitrogen and oxygen atoms in total. The van der Waals surface area contributed by atoms with Crippen molar-refractivity contribution in [2.45, 2.75) is 13.3 Å². The number of aromatic nitrogens is 2. The number of aryl methyl sites for hydroxylation is 1. The molecule has 15 heavy (non-hydrogen) atoms. The summed E-state index contributed by atoms with van der Waals surface area (Å²) in [7, 11) is 0. The maximum absolute atomic E-state index is 5.46. The van der Waals surface area contributed by atoms with Crippen LogP contribution in [-0.2, 0) is 6.42 Å². The molecule has 2 aromatic rings. The van der Waals surface area contributed by atoms with E-state index in [9.17, 15) is 0 Å². The molecule has 1 heterocycles. The number of benzene rings is 1. The molecule has 0 saturated carbocycles. The van der Waals surface area contributed by atoms with Crippen molar-refractivity contribution in [2.24, 2.45) is 5.73 Å². The van der Waals surface area contributed by atoms with Crippen LogP contribution in [0.4, 0.5) is 0 Å². The number of rotatable bonds is 3. The van der Waals surface area contributed by atoms with Crippen LogP contribution in [0.25, 0.3) is 11.5 Å². The molecule has 1 aromatic carbocycles. The predicted molar refractivity (Wildman–Crippen MR) is 57.2 cm³/mol. The van der Waals surface area contributed by atoms with Gasteiger partial charge in [0.1, 0.15) is 0 Å². The molecule has 0 spiro atoms. The van der Waals surface area contributed by atoms with Crippen molar-refractivity contribution in [3.8, 4) is 11.5 Å². The molecule has 78 valence electrons. The molecule has 0 amide bonds. The monoisotopic (exact) mass is 203 g/mol. The summed E-state index contributed by atoms with van der Waals surface area (Å²) in [6, 6.07) is 7.96. The van der Waals surface area contributed by atoms with Crippen molar-refractivity contribution in [1.29, 1.82) is 0 Å². The molecule has 2 N–H and O–H groups in total. The number of hydrogen-bond donors (Lipinski definition) is 1. The molecule has 0 aliphatic heterocycles. The van der Waals surface area contributed by atoms with Crippen LogP contribution in [0.1, 0.15) is 11.5 Å². The van der Waals surface area contributed by atoms with Gasteiger partial charge in [-0.25, -0.2) is 0 Å². The summed E-state index contributed by atoms with van der Waals surface area (Å²) in [5.41, 5.74) is 7.53. The molecular formula is C11H13N3O. The molecule has 0 unspecified atom stereocenters. The van der Waals surface area contributed by atoms with Gasteiger partial charge in [0.25, 0.3) is 0 Å². The first kappa shape index (κ1) is 9.86. The zero-order valence-corrected chi connectivity index (χ0v) is 8.60. The van der Waals surface area contributed by atoms with E-state index in [0.29, 0.717) is 24.7 Å². The first-order valence-corrected chi connectivity index (χ1v) is 4.89. The molecule has 1 aromatic heterocycles.